The first kappa shape index (κ1) is 60.4. The lowest BCUT2D eigenvalue weighted by molar-refractivity contribution is 0.398. The molecular formula is C79H108. The van der Waals surface area contributed by atoms with Gasteiger partial charge in [-0.05, 0) is 150 Å². The van der Waals surface area contributed by atoms with E-state index in [9.17, 15) is 0 Å². The minimum Gasteiger partial charge on any atom is -0.0654 e. The Kier molecular flexibility index (Phi) is 22.8. The number of rotatable bonds is 32. The summed E-state index contributed by atoms with van der Waals surface area (Å²) in [5.41, 5.74) is 27.2. The van der Waals surface area contributed by atoms with Gasteiger partial charge in [-0.1, -0.05) is 321 Å². The maximum atomic E-state index is 2.69. The third-order valence-corrected chi connectivity index (χ3v) is 19.5. The molecule has 0 fully saturated rings. The van der Waals surface area contributed by atoms with E-state index in [-0.39, 0.29) is 10.8 Å². The van der Waals surface area contributed by atoms with Crippen LogP contribution in [0, 0.1) is 27.7 Å². The minimum absolute atomic E-state index is 0.107. The first-order valence-electron chi connectivity index (χ1n) is 33.4. The van der Waals surface area contributed by atoms with E-state index in [2.05, 4.69) is 172 Å². The molecule has 0 nitrogen and oxygen atoms in total. The fourth-order valence-electron chi connectivity index (χ4n) is 15.0. The molecular weight excluding hydrogens is 949 g/mol. The van der Waals surface area contributed by atoms with Crippen LogP contribution in [-0.2, 0) is 10.8 Å². The molecule has 6 aromatic carbocycles. The van der Waals surface area contributed by atoms with E-state index < -0.39 is 0 Å². The number of fused-ring (bicyclic) bond motifs is 9. The Morgan fingerprint density at radius 1 is 0.266 bits per heavy atom. The van der Waals surface area contributed by atoms with Gasteiger partial charge in [0.25, 0.3) is 0 Å². The van der Waals surface area contributed by atoms with Gasteiger partial charge in [-0.25, -0.2) is 0 Å². The summed E-state index contributed by atoms with van der Waals surface area (Å²) in [6.45, 7) is 20.7. The molecule has 0 spiro atoms. The highest BCUT2D eigenvalue weighted by Gasteiger charge is 2.44. The number of hydrogen-bond acceptors (Lipinski definition) is 0. The van der Waals surface area contributed by atoms with Gasteiger partial charge in [-0.2, -0.15) is 0 Å². The van der Waals surface area contributed by atoms with Crippen molar-refractivity contribution in [1.82, 2.24) is 0 Å². The molecule has 3 aliphatic carbocycles. The van der Waals surface area contributed by atoms with Crippen LogP contribution >= 0.6 is 0 Å². The van der Waals surface area contributed by atoms with Crippen molar-refractivity contribution in [3.05, 3.63) is 165 Å². The Morgan fingerprint density at radius 3 is 0.911 bits per heavy atom. The molecule has 0 heterocycles. The van der Waals surface area contributed by atoms with Gasteiger partial charge in [0.2, 0.25) is 0 Å². The number of aryl methyl sites for hydroxylation is 4. The second-order valence-corrected chi connectivity index (χ2v) is 25.7. The summed E-state index contributed by atoms with van der Waals surface area (Å²) >= 11 is 0. The molecule has 1 atom stereocenters. The van der Waals surface area contributed by atoms with Gasteiger partial charge < -0.3 is 0 Å². The Morgan fingerprint density at radius 2 is 0.544 bits per heavy atom. The molecule has 79 heavy (non-hydrogen) atoms. The van der Waals surface area contributed by atoms with Crippen LogP contribution < -0.4 is 0 Å². The summed E-state index contributed by atoms with van der Waals surface area (Å²) in [6.07, 6.45) is 41.6. The minimum atomic E-state index is 0.107. The molecule has 0 aromatic heterocycles. The molecule has 0 radical (unpaired) electrons. The molecule has 9 rings (SSSR count). The van der Waals surface area contributed by atoms with Gasteiger partial charge in [0, 0.05) is 16.7 Å². The van der Waals surface area contributed by atoms with E-state index in [4.69, 9.17) is 0 Å². The predicted octanol–water partition coefficient (Wildman–Crippen LogP) is 25.1. The van der Waals surface area contributed by atoms with Gasteiger partial charge in [0.05, 0.1) is 0 Å². The summed E-state index contributed by atoms with van der Waals surface area (Å²) in [5.74, 6) is 0.617. The third-order valence-electron chi connectivity index (χ3n) is 19.5. The summed E-state index contributed by atoms with van der Waals surface area (Å²) in [6, 6.07) is 44.2. The highest BCUT2D eigenvalue weighted by Crippen LogP contribution is 2.58. The maximum Gasteiger partial charge on any atom is 0.0215 e. The normalized spacial score (nSPS) is 15.3. The molecule has 0 bridgehead atoms. The number of hydrogen-bond donors (Lipinski definition) is 0. The first-order valence-corrected chi connectivity index (χ1v) is 33.4. The first-order chi connectivity index (χ1) is 38.6. The van der Waals surface area contributed by atoms with Crippen LogP contribution in [0.1, 0.15) is 295 Å². The standard InChI is InChI=1S/C56H78.C23H30/c1-7-11-15-18-21-24-36-55(35-14-10-4)51-39-43(5)27-31-47(51)49-33-29-45(41-53(49)55)46-30-34-50-48-32-28-44(6)40-52(48)56(54(50)42-46,37-25-22-19-16-12-8-2)38-26-23-20-17-13-9-3;1-4-5-6-7-8-9-10-19-22-15-17(2)11-13-20(22)21-14-12-18(3)16-23(19)21/h27-34,39-42H,7-26,35-38H2,1-6H3;11-16,19H,4-10H2,1-3H3. The molecule has 0 heteroatoms. The second kappa shape index (κ2) is 29.9. The van der Waals surface area contributed by atoms with Crippen LogP contribution in [0.15, 0.2) is 109 Å². The Labute approximate surface area is 484 Å². The molecule has 0 saturated carbocycles. The average molecular weight is 1060 g/mol. The molecule has 0 aliphatic heterocycles. The van der Waals surface area contributed by atoms with Crippen LogP contribution in [0.3, 0.4) is 0 Å². The molecule has 6 aromatic rings. The van der Waals surface area contributed by atoms with Crippen LogP contribution in [0.25, 0.3) is 44.5 Å². The zero-order chi connectivity index (χ0) is 55.6. The average Bonchev–Trinajstić information content (AvgIpc) is 3.76. The van der Waals surface area contributed by atoms with E-state index in [1.54, 1.807) is 33.4 Å². The Bertz CT molecular complexity index is 2780. The third kappa shape index (κ3) is 14.3. The van der Waals surface area contributed by atoms with E-state index in [1.165, 1.54) is 266 Å². The van der Waals surface area contributed by atoms with Crippen LogP contribution in [0.4, 0.5) is 0 Å². The molecule has 0 N–H and O–H groups in total. The van der Waals surface area contributed by atoms with Crippen LogP contribution in [0.2, 0.25) is 0 Å². The van der Waals surface area contributed by atoms with Crippen molar-refractivity contribution < 1.29 is 0 Å². The van der Waals surface area contributed by atoms with Crippen LogP contribution in [-0.4, -0.2) is 0 Å². The highest BCUT2D eigenvalue weighted by atomic mass is 14.5. The molecule has 0 amide bonds. The smallest absolute Gasteiger partial charge is 0.0215 e. The second-order valence-electron chi connectivity index (χ2n) is 25.7. The van der Waals surface area contributed by atoms with E-state index in [1.807, 2.05) is 0 Å². The van der Waals surface area contributed by atoms with Crippen molar-refractivity contribution in [2.75, 3.05) is 0 Å². The van der Waals surface area contributed by atoms with Gasteiger partial charge in [0.1, 0.15) is 0 Å². The Hall–Kier alpha value is -4.68. The number of benzene rings is 6. The summed E-state index contributed by atoms with van der Waals surface area (Å²) in [5, 5.41) is 0. The van der Waals surface area contributed by atoms with Gasteiger partial charge in [0.15, 0.2) is 0 Å². The fraction of sp³-hybridized carbons (Fsp3) is 0.544. The zero-order valence-corrected chi connectivity index (χ0v) is 51.9. The molecule has 3 aliphatic rings. The Balaban J connectivity index is 0.000000296. The lowest BCUT2D eigenvalue weighted by Gasteiger charge is -2.34. The van der Waals surface area contributed by atoms with Crippen molar-refractivity contribution >= 4 is 0 Å². The van der Waals surface area contributed by atoms with Gasteiger partial charge in [-0.15, -0.1) is 0 Å². The van der Waals surface area contributed by atoms with E-state index >= 15 is 0 Å². The van der Waals surface area contributed by atoms with Crippen molar-refractivity contribution in [3.8, 4) is 44.5 Å². The van der Waals surface area contributed by atoms with E-state index in [0.717, 1.165) is 0 Å². The quantitative estimate of drug-likeness (QED) is 0.0369. The molecule has 0 saturated heterocycles. The summed E-state index contributed by atoms with van der Waals surface area (Å²) in [4.78, 5) is 0. The largest absolute Gasteiger partial charge is 0.0654 e. The predicted molar refractivity (Wildman–Crippen MR) is 348 cm³/mol. The topological polar surface area (TPSA) is 0 Å². The van der Waals surface area contributed by atoms with Crippen molar-refractivity contribution in [2.45, 2.75) is 278 Å². The zero-order valence-electron chi connectivity index (χ0n) is 51.9. The van der Waals surface area contributed by atoms with Gasteiger partial charge in [-0.3, -0.25) is 0 Å². The highest BCUT2D eigenvalue weighted by molar-refractivity contribution is 5.87. The summed E-state index contributed by atoms with van der Waals surface area (Å²) < 4.78 is 0. The monoisotopic (exact) mass is 1060 g/mol. The number of unbranched alkanes of at least 4 members (excludes halogenated alkanes) is 21. The van der Waals surface area contributed by atoms with E-state index in [0.29, 0.717) is 5.92 Å². The van der Waals surface area contributed by atoms with Crippen molar-refractivity contribution in [2.24, 2.45) is 0 Å². The van der Waals surface area contributed by atoms with Crippen LogP contribution in [0.5, 0.6) is 0 Å². The SMILES string of the molecule is CCCCCCCCC1(CCCC)c2cc(C)ccc2-c2ccc(-c3ccc4c(c3)C(CCCCCCCC)(CCCCCCCC)c3cc(C)ccc3-4)cc21.CCCCCCCCC1c2cc(C)ccc2-c2ccc(C)cc21. The molecule has 424 valence electrons. The lowest BCUT2D eigenvalue weighted by atomic mass is 9.69. The lowest BCUT2D eigenvalue weighted by Crippen LogP contribution is -2.26. The fourth-order valence-corrected chi connectivity index (χ4v) is 15.0. The summed E-state index contributed by atoms with van der Waals surface area (Å²) in [7, 11) is 0. The van der Waals surface area contributed by atoms with Crippen molar-refractivity contribution in [3.63, 3.8) is 0 Å². The van der Waals surface area contributed by atoms with Crippen molar-refractivity contribution in [1.29, 1.82) is 0 Å². The maximum absolute atomic E-state index is 2.69. The van der Waals surface area contributed by atoms with Gasteiger partial charge >= 0.3 is 0 Å². The molecule has 1 unspecified atom stereocenters.